The molecule has 1 heteroatoms. The van der Waals surface area contributed by atoms with Crippen molar-refractivity contribution in [3.05, 3.63) is 40.6 Å². The van der Waals surface area contributed by atoms with E-state index in [1.54, 1.807) is 7.11 Å². The summed E-state index contributed by atoms with van der Waals surface area (Å²) < 4.78 is 5.10. The van der Waals surface area contributed by atoms with Crippen LogP contribution in [0.3, 0.4) is 0 Å². The van der Waals surface area contributed by atoms with Crippen molar-refractivity contribution >= 4 is 6.08 Å². The van der Waals surface area contributed by atoms with Gasteiger partial charge in [-0.3, -0.25) is 0 Å². The summed E-state index contributed by atoms with van der Waals surface area (Å²) >= 11 is 0. The highest BCUT2D eigenvalue weighted by atomic mass is 16.5. The molecule has 0 radical (unpaired) electrons. The summed E-state index contributed by atoms with van der Waals surface area (Å²) in [5, 5.41) is 0. The van der Waals surface area contributed by atoms with Gasteiger partial charge in [-0.1, -0.05) is 23.8 Å². The Balaban J connectivity index is 3.03. The number of rotatable bonds is 2. The van der Waals surface area contributed by atoms with Crippen molar-refractivity contribution in [2.45, 2.75) is 20.8 Å². The summed E-state index contributed by atoms with van der Waals surface area (Å²) in [6, 6.07) is 6.41. The number of aryl methyl sites for hydroxylation is 2. The van der Waals surface area contributed by atoms with Crippen molar-refractivity contribution in [3.63, 3.8) is 0 Å². The molecule has 1 aromatic rings. The lowest BCUT2D eigenvalue weighted by Crippen LogP contribution is -1.85. The van der Waals surface area contributed by atoms with E-state index in [0.717, 1.165) is 5.76 Å². The fourth-order valence-corrected chi connectivity index (χ4v) is 1.27. The molecule has 1 rings (SSSR count). The third-order valence-corrected chi connectivity index (χ3v) is 2.11. The minimum Gasteiger partial charge on any atom is -0.501 e. The third kappa shape index (κ3) is 2.62. The Hall–Kier alpha value is -1.24. The Morgan fingerprint density at radius 2 is 2.00 bits per heavy atom. The number of methoxy groups -OCH3 is 1. The maximum absolute atomic E-state index is 5.10. The molecule has 13 heavy (non-hydrogen) atoms. The van der Waals surface area contributed by atoms with Crippen molar-refractivity contribution in [3.8, 4) is 0 Å². The second-order valence-electron chi connectivity index (χ2n) is 3.32. The predicted octanol–water partition coefficient (Wildman–Crippen LogP) is 3.31. The van der Waals surface area contributed by atoms with Crippen LogP contribution in [0.2, 0.25) is 0 Å². The van der Waals surface area contributed by atoms with Crippen LogP contribution < -0.4 is 0 Å². The highest BCUT2D eigenvalue weighted by molar-refractivity contribution is 5.55. The van der Waals surface area contributed by atoms with E-state index in [1.807, 2.05) is 6.92 Å². The van der Waals surface area contributed by atoms with E-state index >= 15 is 0 Å². The van der Waals surface area contributed by atoms with Crippen LogP contribution in [-0.2, 0) is 4.74 Å². The van der Waals surface area contributed by atoms with Crippen molar-refractivity contribution in [1.29, 1.82) is 0 Å². The lowest BCUT2D eigenvalue weighted by atomic mass is 10.1. The number of hydrogen-bond donors (Lipinski definition) is 0. The van der Waals surface area contributed by atoms with Gasteiger partial charge in [0.05, 0.1) is 12.9 Å². The maximum Gasteiger partial charge on any atom is 0.0930 e. The zero-order valence-corrected chi connectivity index (χ0v) is 8.72. The maximum atomic E-state index is 5.10. The average molecular weight is 176 g/mol. The SMILES string of the molecule is CO/C(C)=C/c1ccc(C)cc1C. The summed E-state index contributed by atoms with van der Waals surface area (Å²) in [7, 11) is 1.69. The Bertz CT molecular complexity index is 324. The Morgan fingerprint density at radius 3 is 2.54 bits per heavy atom. The van der Waals surface area contributed by atoms with E-state index in [1.165, 1.54) is 16.7 Å². The third-order valence-electron chi connectivity index (χ3n) is 2.11. The van der Waals surface area contributed by atoms with Crippen LogP contribution in [0.4, 0.5) is 0 Å². The van der Waals surface area contributed by atoms with E-state index in [-0.39, 0.29) is 0 Å². The smallest absolute Gasteiger partial charge is 0.0930 e. The molecule has 0 saturated carbocycles. The second-order valence-corrected chi connectivity index (χ2v) is 3.32. The molecule has 0 atom stereocenters. The van der Waals surface area contributed by atoms with Gasteiger partial charge in [-0.15, -0.1) is 0 Å². The van der Waals surface area contributed by atoms with Gasteiger partial charge in [0.15, 0.2) is 0 Å². The quantitative estimate of drug-likeness (QED) is 0.628. The molecule has 0 heterocycles. The first kappa shape index (κ1) is 9.85. The van der Waals surface area contributed by atoms with E-state index in [0.29, 0.717) is 0 Å². The molecule has 0 amide bonds. The number of allylic oxidation sites excluding steroid dienone is 1. The number of ether oxygens (including phenoxy) is 1. The average Bonchev–Trinajstić information content (AvgIpc) is 2.09. The molecule has 0 fully saturated rings. The molecular weight excluding hydrogens is 160 g/mol. The summed E-state index contributed by atoms with van der Waals surface area (Å²) in [4.78, 5) is 0. The van der Waals surface area contributed by atoms with Crippen LogP contribution in [0.1, 0.15) is 23.6 Å². The van der Waals surface area contributed by atoms with E-state index in [4.69, 9.17) is 4.74 Å². The van der Waals surface area contributed by atoms with Crippen LogP contribution in [0.5, 0.6) is 0 Å². The molecule has 0 N–H and O–H groups in total. The van der Waals surface area contributed by atoms with Gasteiger partial charge in [0.2, 0.25) is 0 Å². The fourth-order valence-electron chi connectivity index (χ4n) is 1.27. The van der Waals surface area contributed by atoms with Gasteiger partial charge in [-0.25, -0.2) is 0 Å². The molecule has 1 nitrogen and oxygen atoms in total. The van der Waals surface area contributed by atoms with E-state index in [2.05, 4.69) is 38.1 Å². The molecule has 0 unspecified atom stereocenters. The van der Waals surface area contributed by atoms with Gasteiger partial charge >= 0.3 is 0 Å². The van der Waals surface area contributed by atoms with Gasteiger partial charge in [-0.2, -0.15) is 0 Å². The molecule has 0 aromatic heterocycles. The minimum absolute atomic E-state index is 0.937. The molecule has 0 aliphatic carbocycles. The van der Waals surface area contributed by atoms with Gasteiger partial charge in [-0.05, 0) is 38.0 Å². The highest BCUT2D eigenvalue weighted by Gasteiger charge is 1.95. The number of hydrogen-bond acceptors (Lipinski definition) is 1. The van der Waals surface area contributed by atoms with Gasteiger partial charge in [0, 0.05) is 0 Å². The van der Waals surface area contributed by atoms with E-state index in [9.17, 15) is 0 Å². The molecule has 0 aliphatic heterocycles. The van der Waals surface area contributed by atoms with Crippen LogP contribution in [-0.4, -0.2) is 7.11 Å². The largest absolute Gasteiger partial charge is 0.501 e. The van der Waals surface area contributed by atoms with Crippen molar-refractivity contribution in [1.82, 2.24) is 0 Å². The lowest BCUT2D eigenvalue weighted by molar-refractivity contribution is 0.297. The monoisotopic (exact) mass is 176 g/mol. The summed E-state index contributed by atoms with van der Waals surface area (Å²) in [6.45, 7) is 6.17. The first-order chi connectivity index (χ1) is 6.13. The molecule has 0 aliphatic rings. The molecule has 70 valence electrons. The van der Waals surface area contributed by atoms with E-state index < -0.39 is 0 Å². The van der Waals surface area contributed by atoms with Crippen LogP contribution in [0.15, 0.2) is 24.0 Å². The van der Waals surface area contributed by atoms with Crippen molar-refractivity contribution < 1.29 is 4.74 Å². The summed E-state index contributed by atoms with van der Waals surface area (Å²) in [6.07, 6.45) is 2.05. The molecule has 0 saturated heterocycles. The topological polar surface area (TPSA) is 9.23 Å². The van der Waals surface area contributed by atoms with Gasteiger partial charge in [0.25, 0.3) is 0 Å². The van der Waals surface area contributed by atoms with Crippen LogP contribution >= 0.6 is 0 Å². The molecular formula is C12H16O. The summed E-state index contributed by atoms with van der Waals surface area (Å²) in [5.41, 5.74) is 3.81. The number of benzene rings is 1. The minimum atomic E-state index is 0.937. The Labute approximate surface area is 80.0 Å². The Kier molecular flexibility index (Phi) is 3.13. The van der Waals surface area contributed by atoms with Crippen LogP contribution in [0.25, 0.3) is 6.08 Å². The molecule has 1 aromatic carbocycles. The van der Waals surface area contributed by atoms with Gasteiger partial charge in [0.1, 0.15) is 0 Å². The van der Waals surface area contributed by atoms with Crippen LogP contribution in [0, 0.1) is 13.8 Å². The van der Waals surface area contributed by atoms with Crippen molar-refractivity contribution in [2.24, 2.45) is 0 Å². The highest BCUT2D eigenvalue weighted by Crippen LogP contribution is 2.14. The standard InChI is InChI=1S/C12H16O/c1-9-5-6-12(10(2)7-9)8-11(3)13-4/h5-8H,1-4H3/b11-8+. The lowest BCUT2D eigenvalue weighted by Gasteiger charge is -2.03. The van der Waals surface area contributed by atoms with Gasteiger partial charge < -0.3 is 4.74 Å². The molecule has 0 bridgehead atoms. The fraction of sp³-hybridized carbons (Fsp3) is 0.333. The molecule has 0 spiro atoms. The zero-order chi connectivity index (χ0) is 9.84. The normalized spacial score (nSPS) is 11.5. The van der Waals surface area contributed by atoms with Crippen molar-refractivity contribution in [2.75, 3.05) is 7.11 Å². The predicted molar refractivity (Wildman–Crippen MR) is 56.6 cm³/mol. The Morgan fingerprint density at radius 1 is 1.31 bits per heavy atom. The summed E-state index contributed by atoms with van der Waals surface area (Å²) in [5.74, 6) is 0.937. The zero-order valence-electron chi connectivity index (χ0n) is 8.72. The first-order valence-electron chi connectivity index (χ1n) is 4.43. The first-order valence-corrected chi connectivity index (χ1v) is 4.43. The second kappa shape index (κ2) is 4.13.